The van der Waals surface area contributed by atoms with Crippen molar-refractivity contribution in [3.05, 3.63) is 29.1 Å². The van der Waals surface area contributed by atoms with E-state index < -0.39 is 0 Å². The van der Waals surface area contributed by atoms with Crippen LogP contribution in [0.5, 0.6) is 0 Å². The van der Waals surface area contributed by atoms with E-state index in [1.807, 2.05) is 18.9 Å². The molecule has 0 aliphatic heterocycles. The van der Waals surface area contributed by atoms with E-state index in [1.165, 1.54) is 5.56 Å². The molecule has 1 N–H and O–H groups in total. The molecule has 1 atom stereocenters. The van der Waals surface area contributed by atoms with Crippen molar-refractivity contribution in [1.29, 1.82) is 0 Å². The standard InChI is InChI=1S/C16H25N3O/c1-12-15(13(2)18-17-12)9-6-10-19(3)16(20)11-14-7-4-5-8-14/h4,7,14H,5-6,8-11H2,1-3H3,(H,17,18)/t14-/m1/s1. The van der Waals surface area contributed by atoms with Gasteiger partial charge in [0.2, 0.25) is 5.91 Å². The zero-order valence-corrected chi connectivity index (χ0v) is 12.8. The Morgan fingerprint density at radius 3 is 2.90 bits per heavy atom. The lowest BCUT2D eigenvalue weighted by atomic mass is 10.0. The average molecular weight is 275 g/mol. The van der Waals surface area contributed by atoms with Crippen LogP contribution in [0.15, 0.2) is 12.2 Å². The van der Waals surface area contributed by atoms with Gasteiger partial charge >= 0.3 is 0 Å². The second-order valence-electron chi connectivity index (χ2n) is 5.80. The number of aromatic nitrogens is 2. The zero-order valence-electron chi connectivity index (χ0n) is 12.8. The molecule has 1 heterocycles. The molecule has 4 nitrogen and oxygen atoms in total. The molecule has 1 aromatic heterocycles. The monoisotopic (exact) mass is 275 g/mol. The SMILES string of the molecule is Cc1n[nH]c(C)c1CCCN(C)C(=O)C[C@@H]1C=CCC1. The van der Waals surface area contributed by atoms with Crippen molar-refractivity contribution in [3.63, 3.8) is 0 Å². The van der Waals surface area contributed by atoms with Crippen molar-refractivity contribution in [1.82, 2.24) is 15.1 Å². The van der Waals surface area contributed by atoms with Gasteiger partial charge in [0.05, 0.1) is 5.69 Å². The van der Waals surface area contributed by atoms with E-state index in [0.717, 1.165) is 43.6 Å². The van der Waals surface area contributed by atoms with Crippen LogP contribution in [0.25, 0.3) is 0 Å². The second-order valence-corrected chi connectivity index (χ2v) is 5.80. The number of amides is 1. The van der Waals surface area contributed by atoms with Crippen molar-refractivity contribution in [2.45, 2.75) is 46.0 Å². The molecular formula is C16H25N3O. The maximum Gasteiger partial charge on any atom is 0.222 e. The van der Waals surface area contributed by atoms with Gasteiger partial charge in [-0.25, -0.2) is 0 Å². The van der Waals surface area contributed by atoms with E-state index in [1.54, 1.807) is 0 Å². The lowest BCUT2D eigenvalue weighted by molar-refractivity contribution is -0.130. The molecule has 0 spiro atoms. The number of aryl methyl sites for hydroxylation is 2. The number of aromatic amines is 1. The molecule has 0 radical (unpaired) electrons. The molecule has 0 unspecified atom stereocenters. The third kappa shape index (κ3) is 3.71. The van der Waals surface area contributed by atoms with Gasteiger partial charge in [0.15, 0.2) is 0 Å². The minimum atomic E-state index is 0.266. The fourth-order valence-corrected chi connectivity index (χ4v) is 2.81. The molecule has 0 saturated heterocycles. The number of nitrogens with zero attached hydrogens (tertiary/aromatic N) is 2. The first-order valence-corrected chi connectivity index (χ1v) is 7.49. The van der Waals surface area contributed by atoms with Gasteiger partial charge < -0.3 is 4.90 Å². The molecular weight excluding hydrogens is 250 g/mol. The minimum Gasteiger partial charge on any atom is -0.346 e. The molecule has 2 rings (SSSR count). The summed E-state index contributed by atoms with van der Waals surface area (Å²) in [6, 6.07) is 0. The second kappa shape index (κ2) is 6.73. The summed E-state index contributed by atoms with van der Waals surface area (Å²) in [7, 11) is 1.91. The van der Waals surface area contributed by atoms with Gasteiger partial charge in [-0.05, 0) is 51.0 Å². The summed E-state index contributed by atoms with van der Waals surface area (Å²) in [5.74, 6) is 0.727. The molecule has 0 fully saturated rings. The van der Waals surface area contributed by atoms with Crippen molar-refractivity contribution in [2.75, 3.05) is 13.6 Å². The van der Waals surface area contributed by atoms with E-state index in [4.69, 9.17) is 0 Å². The number of hydrogen-bond acceptors (Lipinski definition) is 2. The number of H-pyrrole nitrogens is 1. The predicted octanol–water partition coefficient (Wildman–Crippen LogP) is 2.77. The molecule has 4 heteroatoms. The van der Waals surface area contributed by atoms with E-state index in [-0.39, 0.29) is 5.91 Å². The predicted molar refractivity (Wildman–Crippen MR) is 80.5 cm³/mol. The number of hydrogen-bond donors (Lipinski definition) is 1. The minimum absolute atomic E-state index is 0.266. The fourth-order valence-electron chi connectivity index (χ4n) is 2.81. The highest BCUT2D eigenvalue weighted by Crippen LogP contribution is 2.21. The smallest absolute Gasteiger partial charge is 0.222 e. The molecule has 20 heavy (non-hydrogen) atoms. The summed E-state index contributed by atoms with van der Waals surface area (Å²) < 4.78 is 0. The van der Waals surface area contributed by atoms with Crippen molar-refractivity contribution in [2.24, 2.45) is 5.92 Å². The lowest BCUT2D eigenvalue weighted by Gasteiger charge is -2.18. The Kier molecular flexibility index (Phi) is 4.99. The van der Waals surface area contributed by atoms with Gasteiger partial charge in [-0.2, -0.15) is 5.10 Å². The van der Waals surface area contributed by atoms with Crippen molar-refractivity contribution < 1.29 is 4.79 Å². The summed E-state index contributed by atoms with van der Waals surface area (Å²) in [5.41, 5.74) is 3.52. The van der Waals surface area contributed by atoms with Crippen molar-refractivity contribution >= 4 is 5.91 Å². The quantitative estimate of drug-likeness (QED) is 0.812. The molecule has 110 valence electrons. The Hall–Kier alpha value is -1.58. The third-order valence-corrected chi connectivity index (χ3v) is 4.18. The summed E-state index contributed by atoms with van der Waals surface area (Å²) in [4.78, 5) is 14.0. The van der Waals surface area contributed by atoms with Gasteiger partial charge in [-0.3, -0.25) is 9.89 Å². The van der Waals surface area contributed by atoms with Crippen LogP contribution in [0.4, 0.5) is 0 Å². The van der Waals surface area contributed by atoms with Crippen LogP contribution < -0.4 is 0 Å². The Morgan fingerprint density at radius 2 is 2.30 bits per heavy atom. The number of allylic oxidation sites excluding steroid dienone is 2. The molecule has 1 aliphatic rings. The summed E-state index contributed by atoms with van der Waals surface area (Å²) >= 11 is 0. The Morgan fingerprint density at radius 1 is 1.50 bits per heavy atom. The zero-order chi connectivity index (χ0) is 14.5. The van der Waals surface area contributed by atoms with E-state index in [2.05, 4.69) is 29.3 Å². The van der Waals surface area contributed by atoms with Crippen LogP contribution in [-0.2, 0) is 11.2 Å². The van der Waals surface area contributed by atoms with Gasteiger partial charge in [-0.15, -0.1) is 0 Å². The first-order valence-electron chi connectivity index (χ1n) is 7.49. The lowest BCUT2D eigenvalue weighted by Crippen LogP contribution is -2.29. The number of carbonyl (C=O) groups excluding carboxylic acids is 1. The van der Waals surface area contributed by atoms with Crippen LogP contribution in [0.3, 0.4) is 0 Å². The first kappa shape index (κ1) is 14.8. The van der Waals surface area contributed by atoms with Gasteiger partial charge in [-0.1, -0.05) is 12.2 Å². The van der Waals surface area contributed by atoms with Crippen LogP contribution >= 0.6 is 0 Å². The van der Waals surface area contributed by atoms with Crippen molar-refractivity contribution in [3.8, 4) is 0 Å². The molecule has 0 bridgehead atoms. The van der Waals surface area contributed by atoms with Crippen LogP contribution in [0.1, 0.15) is 42.6 Å². The van der Waals surface area contributed by atoms with E-state index >= 15 is 0 Å². The molecule has 1 aliphatic carbocycles. The van der Waals surface area contributed by atoms with Gasteiger partial charge in [0.25, 0.3) is 0 Å². The largest absolute Gasteiger partial charge is 0.346 e. The Bertz CT molecular complexity index is 470. The highest BCUT2D eigenvalue weighted by Gasteiger charge is 2.17. The summed E-state index contributed by atoms with van der Waals surface area (Å²) in [5, 5.41) is 7.21. The number of rotatable bonds is 6. The van der Waals surface area contributed by atoms with E-state index in [9.17, 15) is 4.79 Å². The van der Waals surface area contributed by atoms with Crippen LogP contribution in [0, 0.1) is 19.8 Å². The Balaban J connectivity index is 1.73. The van der Waals surface area contributed by atoms with E-state index in [0.29, 0.717) is 12.3 Å². The maximum absolute atomic E-state index is 12.1. The van der Waals surface area contributed by atoms with Gasteiger partial charge in [0.1, 0.15) is 0 Å². The number of nitrogens with one attached hydrogen (secondary N) is 1. The van der Waals surface area contributed by atoms with Crippen LogP contribution in [-0.4, -0.2) is 34.6 Å². The summed E-state index contributed by atoms with van der Waals surface area (Å²) in [6.45, 7) is 4.90. The molecule has 0 aromatic carbocycles. The fraction of sp³-hybridized carbons (Fsp3) is 0.625. The topological polar surface area (TPSA) is 49.0 Å². The third-order valence-electron chi connectivity index (χ3n) is 4.18. The van der Waals surface area contributed by atoms with Gasteiger partial charge in [0, 0.05) is 25.7 Å². The number of carbonyl (C=O) groups is 1. The molecule has 0 saturated carbocycles. The maximum atomic E-state index is 12.1. The molecule has 1 amide bonds. The first-order chi connectivity index (χ1) is 9.58. The summed E-state index contributed by atoms with van der Waals surface area (Å²) in [6.07, 6.45) is 9.26. The van der Waals surface area contributed by atoms with Crippen LogP contribution in [0.2, 0.25) is 0 Å². The Labute approximate surface area is 121 Å². The highest BCUT2D eigenvalue weighted by molar-refractivity contribution is 5.76. The normalized spacial score (nSPS) is 17.6. The highest BCUT2D eigenvalue weighted by atomic mass is 16.2. The molecule has 1 aromatic rings. The average Bonchev–Trinajstić information content (AvgIpc) is 3.02.